The summed E-state index contributed by atoms with van der Waals surface area (Å²) in [5, 5.41) is 7.75. The van der Waals surface area contributed by atoms with Crippen molar-refractivity contribution < 1.29 is 14.4 Å². The standard InChI is InChI=1S/C5H9N2O3P/c1-7(2)4-5(3-6)11(8,9)10/h4H,1-2H3,(H2,8,9,10). The molecule has 0 bridgehead atoms. The van der Waals surface area contributed by atoms with Gasteiger partial charge in [0.1, 0.15) is 6.07 Å². The van der Waals surface area contributed by atoms with Crippen LogP contribution in [-0.2, 0) is 4.57 Å². The van der Waals surface area contributed by atoms with Gasteiger partial charge in [-0.1, -0.05) is 0 Å². The molecule has 0 heterocycles. The first-order valence-corrected chi connectivity index (χ1v) is 4.33. The van der Waals surface area contributed by atoms with Crippen LogP contribution in [0.1, 0.15) is 0 Å². The quantitative estimate of drug-likeness (QED) is 0.460. The third-order valence-corrected chi connectivity index (χ3v) is 1.65. The molecule has 0 saturated heterocycles. The fraction of sp³-hybridized carbons (Fsp3) is 0.400. The number of nitrogens with zero attached hydrogens (tertiary/aromatic N) is 2. The first-order chi connectivity index (χ1) is 4.88. The van der Waals surface area contributed by atoms with Crippen LogP contribution in [0.2, 0.25) is 0 Å². The lowest BCUT2D eigenvalue weighted by molar-refractivity contribution is 0.382. The van der Waals surface area contributed by atoms with E-state index < -0.39 is 12.9 Å². The highest BCUT2D eigenvalue weighted by molar-refractivity contribution is 7.56. The van der Waals surface area contributed by atoms with Crippen molar-refractivity contribution in [3.63, 3.8) is 0 Å². The number of rotatable bonds is 2. The first kappa shape index (κ1) is 10.2. The van der Waals surface area contributed by atoms with E-state index in [1.807, 2.05) is 0 Å². The van der Waals surface area contributed by atoms with Gasteiger partial charge < -0.3 is 14.7 Å². The number of nitriles is 1. The molecular weight excluding hydrogens is 167 g/mol. The average molecular weight is 176 g/mol. The van der Waals surface area contributed by atoms with E-state index in [0.29, 0.717) is 0 Å². The summed E-state index contributed by atoms with van der Waals surface area (Å²) in [6, 6.07) is 1.43. The zero-order chi connectivity index (χ0) is 9.07. The molecule has 6 heteroatoms. The Bertz CT molecular complexity index is 247. The van der Waals surface area contributed by atoms with Gasteiger partial charge >= 0.3 is 7.60 Å². The van der Waals surface area contributed by atoms with Gasteiger partial charge in [-0.2, -0.15) is 5.26 Å². The van der Waals surface area contributed by atoms with Gasteiger partial charge in [-0.15, -0.1) is 0 Å². The van der Waals surface area contributed by atoms with Gasteiger partial charge in [-0.25, -0.2) is 0 Å². The van der Waals surface area contributed by atoms with E-state index >= 15 is 0 Å². The highest BCUT2D eigenvalue weighted by Crippen LogP contribution is 2.44. The molecular formula is C5H9N2O3P. The fourth-order valence-electron chi connectivity index (χ4n) is 0.414. The third kappa shape index (κ3) is 3.79. The number of hydrogen-bond acceptors (Lipinski definition) is 3. The molecule has 0 amide bonds. The minimum absolute atomic E-state index is 0.525. The van der Waals surface area contributed by atoms with Gasteiger partial charge in [0.25, 0.3) is 0 Å². The van der Waals surface area contributed by atoms with E-state index in [4.69, 9.17) is 15.0 Å². The van der Waals surface area contributed by atoms with Crippen LogP contribution >= 0.6 is 7.60 Å². The predicted molar refractivity (Wildman–Crippen MR) is 39.4 cm³/mol. The van der Waals surface area contributed by atoms with Gasteiger partial charge in [0.05, 0.1) is 0 Å². The van der Waals surface area contributed by atoms with E-state index in [2.05, 4.69) is 0 Å². The summed E-state index contributed by atoms with van der Waals surface area (Å²) in [5.41, 5.74) is 0. The second-order valence-corrected chi connectivity index (χ2v) is 3.70. The zero-order valence-corrected chi connectivity index (χ0v) is 7.12. The second-order valence-electron chi connectivity index (χ2n) is 2.13. The van der Waals surface area contributed by atoms with E-state index in [1.54, 1.807) is 14.1 Å². The Morgan fingerprint density at radius 3 is 2.18 bits per heavy atom. The Balaban J connectivity index is 4.74. The van der Waals surface area contributed by atoms with Crippen molar-refractivity contribution in [2.45, 2.75) is 0 Å². The Kier molecular flexibility index (Phi) is 3.27. The van der Waals surface area contributed by atoms with Gasteiger partial charge in [0.2, 0.25) is 0 Å². The monoisotopic (exact) mass is 176 g/mol. The molecule has 0 unspecified atom stereocenters. The van der Waals surface area contributed by atoms with Crippen LogP contribution in [0, 0.1) is 11.3 Å². The molecule has 0 aliphatic carbocycles. The maximum atomic E-state index is 10.5. The van der Waals surface area contributed by atoms with Crippen LogP contribution in [-0.4, -0.2) is 28.8 Å². The summed E-state index contributed by atoms with van der Waals surface area (Å²) in [5.74, 6) is 0. The molecule has 0 rings (SSSR count). The van der Waals surface area contributed by atoms with Crippen LogP contribution in [0.4, 0.5) is 0 Å². The predicted octanol–water partition coefficient (Wildman–Crippen LogP) is 0.0907. The lowest BCUT2D eigenvalue weighted by atomic mass is 10.6. The minimum Gasteiger partial charge on any atom is -0.382 e. The molecule has 0 atom stereocenters. The maximum absolute atomic E-state index is 10.5. The molecule has 0 aromatic heterocycles. The molecule has 0 aromatic carbocycles. The van der Waals surface area contributed by atoms with Crippen molar-refractivity contribution in [2.24, 2.45) is 0 Å². The average Bonchev–Trinajstić information content (AvgIpc) is 1.79. The van der Waals surface area contributed by atoms with E-state index in [-0.39, 0.29) is 0 Å². The molecule has 0 spiro atoms. The fourth-order valence-corrected chi connectivity index (χ4v) is 0.925. The van der Waals surface area contributed by atoms with Crippen LogP contribution in [0.3, 0.4) is 0 Å². The summed E-state index contributed by atoms with van der Waals surface area (Å²) >= 11 is 0. The molecule has 62 valence electrons. The SMILES string of the molecule is CN(C)C=C(C#N)P(=O)(O)O. The van der Waals surface area contributed by atoms with Crippen molar-refractivity contribution in [1.29, 1.82) is 5.26 Å². The molecule has 5 nitrogen and oxygen atoms in total. The van der Waals surface area contributed by atoms with E-state index in [0.717, 1.165) is 6.20 Å². The number of allylic oxidation sites excluding steroid dienone is 1. The van der Waals surface area contributed by atoms with E-state index in [9.17, 15) is 4.57 Å². The zero-order valence-electron chi connectivity index (χ0n) is 6.22. The number of hydrogen-bond donors (Lipinski definition) is 2. The Morgan fingerprint density at radius 1 is 1.64 bits per heavy atom. The molecule has 11 heavy (non-hydrogen) atoms. The lowest BCUT2D eigenvalue weighted by Crippen LogP contribution is -2.02. The highest BCUT2D eigenvalue weighted by atomic mass is 31.2. The highest BCUT2D eigenvalue weighted by Gasteiger charge is 2.20. The first-order valence-electron chi connectivity index (χ1n) is 2.72. The molecule has 0 aliphatic rings. The third-order valence-electron chi connectivity index (χ3n) is 0.809. The van der Waals surface area contributed by atoms with Crippen molar-refractivity contribution in [2.75, 3.05) is 14.1 Å². The smallest absolute Gasteiger partial charge is 0.368 e. The van der Waals surface area contributed by atoms with Gasteiger partial charge in [-0.3, -0.25) is 4.57 Å². The molecule has 0 aliphatic heterocycles. The molecule has 2 N–H and O–H groups in total. The van der Waals surface area contributed by atoms with Crippen molar-refractivity contribution in [3.8, 4) is 6.07 Å². The van der Waals surface area contributed by atoms with Crippen molar-refractivity contribution in [1.82, 2.24) is 4.90 Å². The van der Waals surface area contributed by atoms with Gasteiger partial charge in [0, 0.05) is 20.3 Å². The Labute approximate surface area is 64.7 Å². The van der Waals surface area contributed by atoms with Gasteiger partial charge in [-0.05, 0) is 0 Å². The molecule has 0 saturated carbocycles. The maximum Gasteiger partial charge on any atom is 0.368 e. The summed E-state index contributed by atoms with van der Waals surface area (Å²) in [6.07, 6.45) is 1.10. The molecule has 0 aromatic rings. The molecule has 0 radical (unpaired) electrons. The molecule has 0 fully saturated rings. The Morgan fingerprint density at radius 2 is 2.09 bits per heavy atom. The van der Waals surface area contributed by atoms with Gasteiger partial charge in [0.15, 0.2) is 5.31 Å². The summed E-state index contributed by atoms with van der Waals surface area (Å²) in [7, 11) is -1.22. The lowest BCUT2D eigenvalue weighted by Gasteiger charge is -2.06. The van der Waals surface area contributed by atoms with Crippen LogP contribution in [0.25, 0.3) is 0 Å². The summed E-state index contributed by atoms with van der Waals surface area (Å²) < 4.78 is 10.5. The van der Waals surface area contributed by atoms with Crippen molar-refractivity contribution >= 4 is 7.60 Å². The summed E-state index contributed by atoms with van der Waals surface area (Å²) in [6.45, 7) is 0. The van der Waals surface area contributed by atoms with Crippen LogP contribution in [0.5, 0.6) is 0 Å². The summed E-state index contributed by atoms with van der Waals surface area (Å²) in [4.78, 5) is 18.4. The van der Waals surface area contributed by atoms with Crippen LogP contribution in [0.15, 0.2) is 11.5 Å². The topological polar surface area (TPSA) is 84.6 Å². The van der Waals surface area contributed by atoms with Crippen LogP contribution < -0.4 is 0 Å². The van der Waals surface area contributed by atoms with E-state index in [1.165, 1.54) is 11.0 Å². The normalized spacial score (nSPS) is 12.5. The second kappa shape index (κ2) is 3.54. The minimum atomic E-state index is -4.37. The Hall–Kier alpha value is -0.820. The van der Waals surface area contributed by atoms with Crippen molar-refractivity contribution in [3.05, 3.63) is 11.5 Å². The largest absolute Gasteiger partial charge is 0.382 e.